The molecule has 0 bridgehead atoms. The Hall–Kier alpha value is -1.53. The lowest BCUT2D eigenvalue weighted by Gasteiger charge is -2.09. The number of rotatable bonds is 5. The number of non-ortho nitro benzene ring substituents is 1. The average Bonchev–Trinajstić information content (AvgIpc) is 2.81. The maximum Gasteiger partial charge on any atom is 0.272 e. The van der Waals surface area contributed by atoms with E-state index in [0.717, 1.165) is 32.2 Å². The van der Waals surface area contributed by atoms with Gasteiger partial charge in [0.15, 0.2) is 0 Å². The zero-order valence-corrected chi connectivity index (χ0v) is 9.89. The number of nitro groups is 1. The van der Waals surface area contributed by atoms with Gasteiger partial charge in [-0.3, -0.25) is 10.1 Å². The Morgan fingerprint density at radius 3 is 3.00 bits per heavy atom. The zero-order valence-electron chi connectivity index (χ0n) is 9.89. The molecule has 5 nitrogen and oxygen atoms in total. The molecule has 6 heteroatoms. The lowest BCUT2D eigenvalue weighted by molar-refractivity contribution is -0.385. The van der Waals surface area contributed by atoms with Crippen molar-refractivity contribution in [3.63, 3.8) is 0 Å². The quantitative estimate of drug-likeness (QED) is 0.643. The van der Waals surface area contributed by atoms with Gasteiger partial charge < -0.3 is 10.1 Å². The van der Waals surface area contributed by atoms with E-state index in [1.807, 2.05) is 0 Å². The highest BCUT2D eigenvalue weighted by Crippen LogP contribution is 2.16. The van der Waals surface area contributed by atoms with E-state index in [-0.39, 0.29) is 5.69 Å². The smallest absolute Gasteiger partial charge is 0.272 e. The van der Waals surface area contributed by atoms with Gasteiger partial charge in [0.25, 0.3) is 5.69 Å². The van der Waals surface area contributed by atoms with E-state index in [9.17, 15) is 14.5 Å². The molecule has 1 heterocycles. The summed E-state index contributed by atoms with van der Waals surface area (Å²) in [7, 11) is 0. The Morgan fingerprint density at radius 2 is 2.33 bits per heavy atom. The van der Waals surface area contributed by atoms with Gasteiger partial charge in [-0.2, -0.15) is 0 Å². The minimum Gasteiger partial charge on any atom is -0.381 e. The number of nitrogens with one attached hydrogen (secondary N) is 1. The average molecular weight is 254 g/mol. The van der Waals surface area contributed by atoms with Crippen molar-refractivity contribution in [1.29, 1.82) is 0 Å². The van der Waals surface area contributed by atoms with E-state index < -0.39 is 10.7 Å². The molecule has 1 saturated heterocycles. The molecule has 0 radical (unpaired) electrons. The Kier molecular flexibility index (Phi) is 4.22. The highest BCUT2D eigenvalue weighted by atomic mass is 19.1. The van der Waals surface area contributed by atoms with Gasteiger partial charge in [0.05, 0.1) is 17.6 Å². The Morgan fingerprint density at radius 1 is 1.50 bits per heavy atom. The molecule has 18 heavy (non-hydrogen) atoms. The molecule has 0 spiro atoms. The maximum absolute atomic E-state index is 13.2. The first kappa shape index (κ1) is 12.9. The Bertz CT molecular complexity index is 433. The van der Waals surface area contributed by atoms with Crippen LogP contribution in [-0.4, -0.2) is 24.7 Å². The van der Waals surface area contributed by atoms with Crippen LogP contribution in [0.1, 0.15) is 12.0 Å². The topological polar surface area (TPSA) is 64.4 Å². The molecule has 1 aliphatic heterocycles. The second-order valence-electron chi connectivity index (χ2n) is 4.44. The highest BCUT2D eigenvalue weighted by molar-refractivity contribution is 5.35. The van der Waals surface area contributed by atoms with Gasteiger partial charge in [-0.1, -0.05) is 0 Å². The first-order chi connectivity index (χ1) is 8.65. The maximum atomic E-state index is 13.2. The fourth-order valence-electron chi connectivity index (χ4n) is 2.01. The first-order valence-electron chi connectivity index (χ1n) is 5.87. The summed E-state index contributed by atoms with van der Waals surface area (Å²) in [5.74, 6) is -0.0984. The summed E-state index contributed by atoms with van der Waals surface area (Å²) in [4.78, 5) is 10.0. The number of benzene rings is 1. The van der Waals surface area contributed by atoms with Crippen molar-refractivity contribution in [1.82, 2.24) is 5.32 Å². The first-order valence-corrected chi connectivity index (χ1v) is 5.87. The predicted octanol–water partition coefficient (Wildman–Crippen LogP) is 1.86. The second-order valence-corrected chi connectivity index (χ2v) is 4.44. The molecule has 1 unspecified atom stereocenters. The Labute approximate surface area is 104 Å². The summed E-state index contributed by atoms with van der Waals surface area (Å²) in [6.07, 6.45) is 1.02. The van der Waals surface area contributed by atoms with E-state index >= 15 is 0 Å². The summed E-state index contributed by atoms with van der Waals surface area (Å²) < 4.78 is 18.4. The largest absolute Gasteiger partial charge is 0.381 e. The molecular formula is C12H15FN2O3. The van der Waals surface area contributed by atoms with Crippen LogP contribution < -0.4 is 5.32 Å². The van der Waals surface area contributed by atoms with Crippen LogP contribution in [0, 0.1) is 21.8 Å². The van der Waals surface area contributed by atoms with E-state index in [4.69, 9.17) is 4.74 Å². The van der Waals surface area contributed by atoms with Crippen molar-refractivity contribution in [2.75, 3.05) is 19.8 Å². The van der Waals surface area contributed by atoms with Crippen molar-refractivity contribution in [2.24, 2.45) is 5.92 Å². The third-order valence-corrected chi connectivity index (χ3v) is 2.94. The molecule has 1 aromatic rings. The molecule has 1 aromatic carbocycles. The minimum absolute atomic E-state index is 0.212. The second kappa shape index (κ2) is 5.88. The molecule has 0 aromatic heterocycles. The number of ether oxygens (including phenoxy) is 1. The van der Waals surface area contributed by atoms with Gasteiger partial charge in [-0.15, -0.1) is 0 Å². The van der Waals surface area contributed by atoms with E-state index in [2.05, 4.69) is 5.32 Å². The molecule has 1 fully saturated rings. The SMILES string of the molecule is O=[N+]([O-])c1cc(F)cc(CNCC2CCOC2)c1. The summed E-state index contributed by atoms with van der Waals surface area (Å²) in [6, 6.07) is 3.63. The fourth-order valence-corrected chi connectivity index (χ4v) is 2.01. The lowest BCUT2D eigenvalue weighted by Crippen LogP contribution is -2.22. The van der Waals surface area contributed by atoms with Crippen LogP contribution in [0.5, 0.6) is 0 Å². The molecule has 1 aliphatic rings. The van der Waals surface area contributed by atoms with Gasteiger partial charge in [0, 0.05) is 25.8 Å². The summed E-state index contributed by atoms with van der Waals surface area (Å²) in [5, 5.41) is 13.8. The molecule has 0 aliphatic carbocycles. The summed E-state index contributed by atoms with van der Waals surface area (Å²) in [5.41, 5.74) is 0.372. The van der Waals surface area contributed by atoms with Gasteiger partial charge in [0.1, 0.15) is 5.82 Å². The predicted molar refractivity (Wildman–Crippen MR) is 63.7 cm³/mol. The number of hydrogen-bond acceptors (Lipinski definition) is 4. The summed E-state index contributed by atoms with van der Waals surface area (Å²) in [6.45, 7) is 2.74. The van der Waals surface area contributed by atoms with Crippen LogP contribution in [0.4, 0.5) is 10.1 Å². The lowest BCUT2D eigenvalue weighted by atomic mass is 10.1. The van der Waals surface area contributed by atoms with E-state index in [1.165, 1.54) is 12.1 Å². The van der Waals surface area contributed by atoms with Crippen LogP contribution in [0.25, 0.3) is 0 Å². The third-order valence-electron chi connectivity index (χ3n) is 2.94. The van der Waals surface area contributed by atoms with Crippen molar-refractivity contribution in [3.8, 4) is 0 Å². The van der Waals surface area contributed by atoms with Crippen molar-refractivity contribution < 1.29 is 14.1 Å². The normalized spacial score (nSPS) is 19.1. The van der Waals surface area contributed by atoms with Crippen LogP contribution in [-0.2, 0) is 11.3 Å². The molecule has 0 saturated carbocycles. The van der Waals surface area contributed by atoms with Gasteiger partial charge >= 0.3 is 0 Å². The molecule has 1 atom stereocenters. The van der Waals surface area contributed by atoms with Crippen LogP contribution in [0.3, 0.4) is 0 Å². The van der Waals surface area contributed by atoms with Crippen LogP contribution in [0.2, 0.25) is 0 Å². The molecule has 98 valence electrons. The minimum atomic E-state index is -0.586. The third kappa shape index (κ3) is 3.48. The Balaban J connectivity index is 1.89. The summed E-state index contributed by atoms with van der Waals surface area (Å²) >= 11 is 0. The highest BCUT2D eigenvalue weighted by Gasteiger charge is 2.15. The van der Waals surface area contributed by atoms with E-state index in [0.29, 0.717) is 18.0 Å². The van der Waals surface area contributed by atoms with Crippen molar-refractivity contribution >= 4 is 5.69 Å². The van der Waals surface area contributed by atoms with Gasteiger partial charge in [0.2, 0.25) is 0 Å². The number of nitrogens with zero attached hydrogens (tertiary/aromatic N) is 1. The molecule has 0 amide bonds. The molecule has 1 N–H and O–H groups in total. The van der Waals surface area contributed by atoms with E-state index in [1.54, 1.807) is 0 Å². The van der Waals surface area contributed by atoms with Crippen molar-refractivity contribution in [2.45, 2.75) is 13.0 Å². The number of halogens is 1. The molecular weight excluding hydrogens is 239 g/mol. The van der Waals surface area contributed by atoms with Crippen LogP contribution >= 0.6 is 0 Å². The van der Waals surface area contributed by atoms with Gasteiger partial charge in [-0.25, -0.2) is 4.39 Å². The molecule has 2 rings (SSSR count). The fraction of sp³-hybridized carbons (Fsp3) is 0.500. The number of hydrogen-bond donors (Lipinski definition) is 1. The van der Waals surface area contributed by atoms with Crippen LogP contribution in [0.15, 0.2) is 18.2 Å². The van der Waals surface area contributed by atoms with Crippen molar-refractivity contribution in [3.05, 3.63) is 39.7 Å². The standard InChI is InChI=1S/C12H15FN2O3/c13-11-3-10(4-12(5-11)15(16)17)7-14-6-9-1-2-18-8-9/h3-5,9,14H,1-2,6-8H2. The monoisotopic (exact) mass is 254 g/mol. The number of nitro benzene ring substituents is 1. The van der Waals surface area contributed by atoms with Gasteiger partial charge in [-0.05, 0) is 24.0 Å². The zero-order chi connectivity index (χ0) is 13.0.